The van der Waals surface area contributed by atoms with Gasteiger partial charge in [0.25, 0.3) is 11.5 Å². The third kappa shape index (κ3) is 3.92. The standard InChI is InChI=1S/C17H14F3N3O5/c18-17(19,20)13-4-2-10(15(21)25)16(26)23(13)8-14(24)22-9-1-3-11-12(7-9)28-6-5-27-11/h1-4,7H,5-6,8H2,(H2,21,25)(H,22,24). The molecule has 0 saturated carbocycles. The molecule has 2 amide bonds. The van der Waals surface area contributed by atoms with Gasteiger partial charge in [-0.25, -0.2) is 0 Å². The van der Waals surface area contributed by atoms with E-state index in [4.69, 9.17) is 15.2 Å². The largest absolute Gasteiger partial charge is 0.486 e. The number of carbonyl (C=O) groups is 2. The minimum atomic E-state index is -4.91. The SMILES string of the molecule is NC(=O)c1ccc(C(F)(F)F)n(CC(=O)Nc2ccc3c(c2)OCCO3)c1=O. The van der Waals surface area contributed by atoms with Crippen LogP contribution in [0.2, 0.25) is 0 Å². The van der Waals surface area contributed by atoms with E-state index in [1.54, 1.807) is 0 Å². The highest BCUT2D eigenvalue weighted by molar-refractivity contribution is 5.93. The molecule has 28 heavy (non-hydrogen) atoms. The summed E-state index contributed by atoms with van der Waals surface area (Å²) in [5.74, 6) is -1.27. The Morgan fingerprint density at radius 2 is 1.79 bits per heavy atom. The van der Waals surface area contributed by atoms with Gasteiger partial charge < -0.3 is 20.5 Å². The predicted octanol–water partition coefficient (Wildman–Crippen LogP) is 1.38. The Morgan fingerprint density at radius 3 is 2.43 bits per heavy atom. The fourth-order valence-corrected chi connectivity index (χ4v) is 2.64. The van der Waals surface area contributed by atoms with Crippen LogP contribution in [-0.2, 0) is 17.5 Å². The molecule has 1 aliphatic heterocycles. The highest BCUT2D eigenvalue weighted by Gasteiger charge is 2.35. The first-order chi connectivity index (χ1) is 13.2. The third-order valence-electron chi connectivity index (χ3n) is 3.86. The quantitative estimate of drug-likeness (QED) is 0.809. The molecule has 0 radical (unpaired) electrons. The number of benzene rings is 1. The van der Waals surface area contributed by atoms with E-state index in [1.807, 2.05) is 0 Å². The third-order valence-corrected chi connectivity index (χ3v) is 3.86. The summed E-state index contributed by atoms with van der Waals surface area (Å²) in [7, 11) is 0. The van der Waals surface area contributed by atoms with Crippen LogP contribution in [0.5, 0.6) is 11.5 Å². The summed E-state index contributed by atoms with van der Waals surface area (Å²) in [4.78, 5) is 35.7. The molecule has 0 fully saturated rings. The van der Waals surface area contributed by atoms with Gasteiger partial charge >= 0.3 is 6.18 Å². The molecular formula is C17H14F3N3O5. The van der Waals surface area contributed by atoms with Crippen LogP contribution in [0.25, 0.3) is 0 Å². The van der Waals surface area contributed by atoms with Crippen molar-refractivity contribution in [3.8, 4) is 11.5 Å². The predicted molar refractivity (Wildman–Crippen MR) is 90.3 cm³/mol. The number of aromatic nitrogens is 1. The van der Waals surface area contributed by atoms with E-state index >= 15 is 0 Å². The lowest BCUT2D eigenvalue weighted by molar-refractivity contribution is -0.144. The van der Waals surface area contributed by atoms with Crippen molar-refractivity contribution >= 4 is 17.5 Å². The Labute approximate surface area is 155 Å². The number of amides is 2. The van der Waals surface area contributed by atoms with E-state index in [9.17, 15) is 27.6 Å². The van der Waals surface area contributed by atoms with Crippen molar-refractivity contribution in [1.29, 1.82) is 0 Å². The first-order valence-electron chi connectivity index (χ1n) is 7.97. The number of halogens is 3. The molecule has 8 nitrogen and oxygen atoms in total. The summed E-state index contributed by atoms with van der Waals surface area (Å²) >= 11 is 0. The summed E-state index contributed by atoms with van der Waals surface area (Å²) in [6.45, 7) is -0.282. The topological polar surface area (TPSA) is 113 Å². The van der Waals surface area contributed by atoms with Crippen LogP contribution in [0.4, 0.5) is 18.9 Å². The van der Waals surface area contributed by atoms with Crippen LogP contribution in [0.15, 0.2) is 35.1 Å². The molecule has 0 unspecified atom stereocenters. The Balaban J connectivity index is 1.88. The molecule has 0 aliphatic carbocycles. The smallest absolute Gasteiger partial charge is 0.431 e. The molecule has 0 bridgehead atoms. The van der Waals surface area contributed by atoms with Crippen molar-refractivity contribution in [2.24, 2.45) is 5.73 Å². The number of nitrogens with two attached hydrogens (primary N) is 1. The molecule has 0 saturated heterocycles. The maximum Gasteiger partial charge on any atom is 0.431 e. The molecule has 1 aromatic carbocycles. The summed E-state index contributed by atoms with van der Waals surface area (Å²) in [6.07, 6.45) is -4.91. The summed E-state index contributed by atoms with van der Waals surface area (Å²) < 4.78 is 50.4. The van der Waals surface area contributed by atoms with E-state index in [-0.39, 0.29) is 10.3 Å². The van der Waals surface area contributed by atoms with Crippen molar-refractivity contribution in [2.45, 2.75) is 12.7 Å². The minimum Gasteiger partial charge on any atom is -0.486 e. The monoisotopic (exact) mass is 397 g/mol. The summed E-state index contributed by atoms with van der Waals surface area (Å²) in [6, 6.07) is 5.66. The van der Waals surface area contributed by atoms with Gasteiger partial charge in [-0.05, 0) is 24.3 Å². The van der Waals surface area contributed by atoms with Crippen LogP contribution in [0, 0.1) is 0 Å². The molecule has 1 aliphatic rings. The molecule has 11 heteroatoms. The number of hydrogen-bond acceptors (Lipinski definition) is 5. The zero-order chi connectivity index (χ0) is 20.5. The van der Waals surface area contributed by atoms with Crippen molar-refractivity contribution in [3.63, 3.8) is 0 Å². The number of rotatable bonds is 4. The Morgan fingerprint density at radius 1 is 1.11 bits per heavy atom. The van der Waals surface area contributed by atoms with Gasteiger partial charge in [0.05, 0.1) is 0 Å². The highest BCUT2D eigenvalue weighted by atomic mass is 19.4. The molecule has 1 aromatic heterocycles. The van der Waals surface area contributed by atoms with E-state index < -0.39 is 41.4 Å². The Kier molecular flexibility index (Phi) is 4.99. The normalized spacial score (nSPS) is 13.1. The number of alkyl halides is 3. The van der Waals surface area contributed by atoms with Gasteiger partial charge in [-0.15, -0.1) is 0 Å². The van der Waals surface area contributed by atoms with Crippen molar-refractivity contribution in [2.75, 3.05) is 18.5 Å². The van der Waals surface area contributed by atoms with Gasteiger partial charge in [-0.3, -0.25) is 19.0 Å². The van der Waals surface area contributed by atoms with Gasteiger partial charge in [0.15, 0.2) is 11.5 Å². The second-order valence-corrected chi connectivity index (χ2v) is 5.79. The van der Waals surface area contributed by atoms with Gasteiger partial charge in [0, 0.05) is 11.8 Å². The molecule has 0 atom stereocenters. The molecule has 2 heterocycles. The Hall–Kier alpha value is -3.50. The summed E-state index contributed by atoms with van der Waals surface area (Å²) in [5.41, 5.74) is 1.91. The van der Waals surface area contributed by atoms with Gasteiger partial charge in [-0.2, -0.15) is 13.2 Å². The number of ether oxygens (including phenoxy) is 2. The highest BCUT2D eigenvalue weighted by Crippen LogP contribution is 2.32. The number of nitrogens with one attached hydrogen (secondary N) is 1. The molecule has 3 rings (SSSR count). The van der Waals surface area contributed by atoms with Crippen LogP contribution < -0.4 is 26.1 Å². The van der Waals surface area contributed by atoms with Gasteiger partial charge in [0.1, 0.15) is 31.0 Å². The fourth-order valence-electron chi connectivity index (χ4n) is 2.64. The van der Waals surface area contributed by atoms with Crippen LogP contribution in [-0.4, -0.2) is 29.6 Å². The number of hydrogen-bond donors (Lipinski definition) is 2. The van der Waals surface area contributed by atoms with Crippen LogP contribution >= 0.6 is 0 Å². The molecule has 0 spiro atoms. The van der Waals surface area contributed by atoms with Crippen molar-refractivity contribution < 1.29 is 32.2 Å². The summed E-state index contributed by atoms with van der Waals surface area (Å²) in [5, 5.41) is 2.38. The van der Waals surface area contributed by atoms with Crippen molar-refractivity contribution in [3.05, 3.63) is 51.9 Å². The van der Waals surface area contributed by atoms with E-state index in [0.717, 1.165) is 0 Å². The van der Waals surface area contributed by atoms with E-state index in [2.05, 4.69) is 5.32 Å². The van der Waals surface area contributed by atoms with Gasteiger partial charge in [-0.1, -0.05) is 0 Å². The zero-order valence-corrected chi connectivity index (χ0v) is 14.2. The number of nitrogens with zero attached hydrogens (tertiary/aromatic N) is 1. The number of carbonyl (C=O) groups excluding carboxylic acids is 2. The van der Waals surface area contributed by atoms with Gasteiger partial charge in [0.2, 0.25) is 5.91 Å². The maximum atomic E-state index is 13.2. The first kappa shape index (κ1) is 19.3. The second-order valence-electron chi connectivity index (χ2n) is 5.79. The first-order valence-corrected chi connectivity index (χ1v) is 7.97. The van der Waals surface area contributed by atoms with Crippen LogP contribution in [0.3, 0.4) is 0 Å². The molecule has 2 aromatic rings. The zero-order valence-electron chi connectivity index (χ0n) is 14.2. The number of fused-ring (bicyclic) bond motifs is 1. The molecule has 148 valence electrons. The second kappa shape index (κ2) is 7.25. The Bertz CT molecular complexity index is 1000. The number of pyridine rings is 1. The molecular weight excluding hydrogens is 383 g/mol. The van der Waals surface area contributed by atoms with E-state index in [0.29, 0.717) is 36.8 Å². The fraction of sp³-hybridized carbons (Fsp3) is 0.235. The van der Waals surface area contributed by atoms with E-state index in [1.165, 1.54) is 18.2 Å². The minimum absolute atomic E-state index is 0.160. The lowest BCUT2D eigenvalue weighted by atomic mass is 10.2. The molecule has 3 N–H and O–H groups in total. The van der Waals surface area contributed by atoms with Crippen LogP contribution in [0.1, 0.15) is 16.1 Å². The number of primary amides is 1. The number of anilines is 1. The average Bonchev–Trinajstić information content (AvgIpc) is 2.62. The van der Waals surface area contributed by atoms with Crippen molar-refractivity contribution in [1.82, 2.24) is 4.57 Å². The lowest BCUT2D eigenvalue weighted by Crippen LogP contribution is -2.36. The average molecular weight is 397 g/mol. The maximum absolute atomic E-state index is 13.2. The lowest BCUT2D eigenvalue weighted by Gasteiger charge is -2.19.